The van der Waals surface area contributed by atoms with Gasteiger partial charge in [0, 0.05) is 7.05 Å². The summed E-state index contributed by atoms with van der Waals surface area (Å²) in [5.41, 5.74) is 0.833. The zero-order valence-electron chi connectivity index (χ0n) is 9.19. The van der Waals surface area contributed by atoms with Crippen LogP contribution in [-0.4, -0.2) is 31.0 Å². The first-order valence-corrected chi connectivity index (χ1v) is 5.12. The topological polar surface area (TPSA) is 41.6 Å². The highest BCUT2D eigenvalue weighted by atomic mass is 19.3. The normalized spacial score (nSPS) is 20.1. The van der Waals surface area contributed by atoms with E-state index in [4.69, 9.17) is 0 Å². The van der Waals surface area contributed by atoms with E-state index in [9.17, 15) is 13.6 Å². The Morgan fingerprint density at radius 1 is 1.41 bits per heavy atom. The number of alkyl halides is 2. The number of amides is 1. The molecule has 1 atom stereocenters. The molecule has 1 amide bonds. The minimum atomic E-state index is -2.82. The summed E-state index contributed by atoms with van der Waals surface area (Å²) in [6.07, 6.45) is -0.205. The molecule has 1 aliphatic heterocycles. The van der Waals surface area contributed by atoms with Crippen molar-refractivity contribution >= 4 is 5.91 Å². The van der Waals surface area contributed by atoms with E-state index < -0.39 is 6.61 Å². The molecule has 1 aromatic rings. The second-order valence-corrected chi connectivity index (χ2v) is 3.74. The van der Waals surface area contributed by atoms with Crippen molar-refractivity contribution in [1.82, 2.24) is 10.2 Å². The van der Waals surface area contributed by atoms with Crippen molar-refractivity contribution in [2.45, 2.75) is 12.8 Å². The maximum Gasteiger partial charge on any atom is 0.387 e. The standard InChI is InChI=1S/C11H12F2N2O2/c1-15-9(16)6-14-10(15)7-2-4-8(5-3-7)17-11(12)13/h2-5,10-11,14H,6H2,1H3. The number of rotatable bonds is 3. The van der Waals surface area contributed by atoms with E-state index in [0.717, 1.165) is 5.56 Å². The predicted molar refractivity (Wildman–Crippen MR) is 56.6 cm³/mol. The Kier molecular flexibility index (Phi) is 3.23. The first kappa shape index (κ1) is 11.8. The Hall–Kier alpha value is -1.69. The number of nitrogens with zero attached hydrogens (tertiary/aromatic N) is 1. The molecule has 1 aromatic carbocycles. The molecule has 0 saturated carbocycles. The number of nitrogens with one attached hydrogen (secondary N) is 1. The molecule has 0 aliphatic carbocycles. The number of likely N-dealkylation sites (N-methyl/N-ethyl adjacent to an activating group) is 1. The van der Waals surface area contributed by atoms with E-state index in [2.05, 4.69) is 10.1 Å². The average molecular weight is 242 g/mol. The molecule has 1 aliphatic rings. The van der Waals surface area contributed by atoms with Crippen LogP contribution < -0.4 is 10.1 Å². The van der Waals surface area contributed by atoms with Gasteiger partial charge in [-0.15, -0.1) is 0 Å². The molecule has 17 heavy (non-hydrogen) atoms. The lowest BCUT2D eigenvalue weighted by Gasteiger charge is -2.20. The van der Waals surface area contributed by atoms with Gasteiger partial charge in [-0.1, -0.05) is 12.1 Å². The van der Waals surface area contributed by atoms with Crippen LogP contribution in [0.4, 0.5) is 8.78 Å². The van der Waals surface area contributed by atoms with Gasteiger partial charge >= 0.3 is 6.61 Å². The molecule has 0 aromatic heterocycles. The van der Waals surface area contributed by atoms with Crippen LogP contribution >= 0.6 is 0 Å². The molecule has 6 heteroatoms. The van der Waals surface area contributed by atoms with Crippen LogP contribution in [0, 0.1) is 0 Å². The number of hydrogen-bond acceptors (Lipinski definition) is 3. The lowest BCUT2D eigenvalue weighted by molar-refractivity contribution is -0.126. The maximum absolute atomic E-state index is 11.9. The summed E-state index contributed by atoms with van der Waals surface area (Å²) >= 11 is 0. The van der Waals surface area contributed by atoms with E-state index in [0.29, 0.717) is 0 Å². The second-order valence-electron chi connectivity index (χ2n) is 3.74. The number of carbonyl (C=O) groups is 1. The summed E-state index contributed by atoms with van der Waals surface area (Å²) in [6, 6.07) is 6.23. The fourth-order valence-electron chi connectivity index (χ4n) is 1.76. The van der Waals surface area contributed by atoms with Gasteiger partial charge in [0.15, 0.2) is 0 Å². The predicted octanol–water partition coefficient (Wildman–Crippen LogP) is 1.35. The largest absolute Gasteiger partial charge is 0.435 e. The molecule has 1 heterocycles. The highest BCUT2D eigenvalue weighted by Crippen LogP contribution is 2.23. The van der Waals surface area contributed by atoms with Gasteiger partial charge in [0.05, 0.1) is 6.54 Å². The Morgan fingerprint density at radius 3 is 2.53 bits per heavy atom. The van der Waals surface area contributed by atoms with Gasteiger partial charge in [-0.25, -0.2) is 0 Å². The van der Waals surface area contributed by atoms with Crippen molar-refractivity contribution in [2.75, 3.05) is 13.6 Å². The molecule has 1 N–H and O–H groups in total. The van der Waals surface area contributed by atoms with Gasteiger partial charge < -0.3 is 9.64 Å². The van der Waals surface area contributed by atoms with Crippen molar-refractivity contribution in [3.63, 3.8) is 0 Å². The third-order valence-corrected chi connectivity index (χ3v) is 2.65. The zero-order chi connectivity index (χ0) is 12.4. The minimum Gasteiger partial charge on any atom is -0.435 e. The molecule has 4 nitrogen and oxygen atoms in total. The van der Waals surface area contributed by atoms with Crippen LogP contribution in [0.15, 0.2) is 24.3 Å². The number of halogens is 2. The van der Waals surface area contributed by atoms with E-state index >= 15 is 0 Å². The molecular formula is C11H12F2N2O2. The zero-order valence-corrected chi connectivity index (χ0v) is 9.19. The number of hydrogen-bond donors (Lipinski definition) is 1. The van der Waals surface area contributed by atoms with Gasteiger partial charge in [-0.2, -0.15) is 8.78 Å². The molecule has 0 radical (unpaired) electrons. The summed E-state index contributed by atoms with van der Waals surface area (Å²) in [5.74, 6) is 0.110. The average Bonchev–Trinajstić information content (AvgIpc) is 2.60. The van der Waals surface area contributed by atoms with Crippen LogP contribution in [0.3, 0.4) is 0 Å². The molecule has 1 fully saturated rings. The summed E-state index contributed by atoms with van der Waals surface area (Å²) in [4.78, 5) is 12.9. The summed E-state index contributed by atoms with van der Waals surface area (Å²) < 4.78 is 28.1. The van der Waals surface area contributed by atoms with Crippen molar-refractivity contribution < 1.29 is 18.3 Å². The highest BCUT2D eigenvalue weighted by molar-refractivity contribution is 5.80. The minimum absolute atomic E-state index is 0.00269. The first-order valence-electron chi connectivity index (χ1n) is 5.12. The lowest BCUT2D eigenvalue weighted by atomic mass is 10.1. The molecule has 0 spiro atoms. The van der Waals surface area contributed by atoms with Crippen LogP contribution in [0.25, 0.3) is 0 Å². The fourth-order valence-corrected chi connectivity index (χ4v) is 1.76. The quantitative estimate of drug-likeness (QED) is 0.869. The number of ether oxygens (including phenoxy) is 1. The lowest BCUT2D eigenvalue weighted by Crippen LogP contribution is -2.25. The van der Waals surface area contributed by atoms with Gasteiger partial charge in [-0.05, 0) is 17.7 Å². The number of carbonyl (C=O) groups excluding carboxylic acids is 1. The Morgan fingerprint density at radius 2 is 2.06 bits per heavy atom. The van der Waals surface area contributed by atoms with E-state index in [1.54, 1.807) is 24.1 Å². The monoisotopic (exact) mass is 242 g/mol. The van der Waals surface area contributed by atoms with Gasteiger partial charge in [0.25, 0.3) is 0 Å². The van der Waals surface area contributed by atoms with E-state index in [1.807, 2.05) is 0 Å². The van der Waals surface area contributed by atoms with Crippen molar-refractivity contribution in [3.05, 3.63) is 29.8 Å². The fraction of sp³-hybridized carbons (Fsp3) is 0.364. The third kappa shape index (κ3) is 2.52. The van der Waals surface area contributed by atoms with Crippen LogP contribution in [0.5, 0.6) is 5.75 Å². The Labute approximate surface area is 97.2 Å². The summed E-state index contributed by atoms with van der Waals surface area (Å²) in [6.45, 7) is -2.54. The van der Waals surface area contributed by atoms with Crippen LogP contribution in [0.1, 0.15) is 11.7 Å². The van der Waals surface area contributed by atoms with Crippen molar-refractivity contribution in [1.29, 1.82) is 0 Å². The molecule has 1 unspecified atom stereocenters. The van der Waals surface area contributed by atoms with Crippen molar-refractivity contribution in [2.24, 2.45) is 0 Å². The van der Waals surface area contributed by atoms with Crippen LogP contribution in [-0.2, 0) is 4.79 Å². The summed E-state index contributed by atoms with van der Waals surface area (Å²) in [5, 5.41) is 3.02. The molecule has 1 saturated heterocycles. The van der Waals surface area contributed by atoms with E-state index in [-0.39, 0.29) is 24.4 Å². The van der Waals surface area contributed by atoms with Gasteiger partial charge in [0.1, 0.15) is 11.9 Å². The number of benzene rings is 1. The molecule has 92 valence electrons. The third-order valence-electron chi connectivity index (χ3n) is 2.65. The summed E-state index contributed by atoms with van der Waals surface area (Å²) in [7, 11) is 1.69. The SMILES string of the molecule is CN1C(=O)CNC1c1ccc(OC(F)F)cc1. The Bertz CT molecular complexity index is 408. The first-order chi connectivity index (χ1) is 8.08. The highest BCUT2D eigenvalue weighted by Gasteiger charge is 2.27. The molecule has 0 bridgehead atoms. The maximum atomic E-state index is 11.9. The smallest absolute Gasteiger partial charge is 0.387 e. The van der Waals surface area contributed by atoms with Gasteiger partial charge in [-0.3, -0.25) is 10.1 Å². The van der Waals surface area contributed by atoms with Crippen molar-refractivity contribution in [3.8, 4) is 5.75 Å². The Balaban J connectivity index is 2.10. The van der Waals surface area contributed by atoms with E-state index in [1.165, 1.54) is 12.1 Å². The molecular weight excluding hydrogens is 230 g/mol. The second kappa shape index (κ2) is 4.67. The van der Waals surface area contributed by atoms with Crippen LogP contribution in [0.2, 0.25) is 0 Å². The molecule has 2 rings (SSSR count). The van der Waals surface area contributed by atoms with Gasteiger partial charge in [0.2, 0.25) is 5.91 Å².